The number of terminal acetylenes is 2. The number of rotatable bonds is 1. The predicted octanol–water partition coefficient (Wildman–Crippen LogP) is 2.33. The first-order valence-corrected chi connectivity index (χ1v) is 4.36. The fourth-order valence-corrected chi connectivity index (χ4v) is 1.53. The first-order valence-electron chi connectivity index (χ1n) is 4.36. The minimum absolute atomic E-state index is 0.0348. The van der Waals surface area contributed by atoms with E-state index in [0.29, 0.717) is 0 Å². The molecular formula is C13H10. The summed E-state index contributed by atoms with van der Waals surface area (Å²) in [4.78, 5) is 0. The Morgan fingerprint density at radius 1 is 1.08 bits per heavy atom. The van der Waals surface area contributed by atoms with Gasteiger partial charge in [0.1, 0.15) is 0 Å². The Morgan fingerprint density at radius 2 is 1.69 bits per heavy atom. The molecule has 0 amide bonds. The monoisotopic (exact) mass is 166 g/mol. The van der Waals surface area contributed by atoms with Crippen molar-refractivity contribution in [3.8, 4) is 24.7 Å². The van der Waals surface area contributed by atoms with Crippen molar-refractivity contribution in [3.05, 3.63) is 35.4 Å². The first kappa shape index (κ1) is 7.96. The van der Waals surface area contributed by atoms with Gasteiger partial charge in [0.05, 0.1) is 5.41 Å². The molecule has 0 heterocycles. The van der Waals surface area contributed by atoms with Crippen molar-refractivity contribution >= 4 is 0 Å². The second kappa shape index (κ2) is 2.68. The summed E-state index contributed by atoms with van der Waals surface area (Å²) in [6, 6.07) is 7.99. The zero-order chi connectivity index (χ0) is 9.31. The number of benzene rings is 1. The summed E-state index contributed by atoms with van der Waals surface area (Å²) < 4.78 is 0. The molecule has 1 aliphatic rings. The minimum Gasteiger partial charge on any atom is -0.119 e. The molecule has 13 heavy (non-hydrogen) atoms. The molecule has 1 aromatic rings. The molecule has 0 atom stereocenters. The molecule has 0 N–H and O–H groups in total. The van der Waals surface area contributed by atoms with E-state index in [0.717, 1.165) is 18.4 Å². The Bertz CT molecular complexity index is 391. The fourth-order valence-electron chi connectivity index (χ4n) is 1.53. The maximum absolute atomic E-state index is 5.48. The van der Waals surface area contributed by atoms with E-state index in [2.05, 4.69) is 11.8 Å². The van der Waals surface area contributed by atoms with Gasteiger partial charge in [-0.2, -0.15) is 0 Å². The van der Waals surface area contributed by atoms with Gasteiger partial charge in [-0.1, -0.05) is 24.0 Å². The molecule has 0 radical (unpaired) electrons. The topological polar surface area (TPSA) is 0 Å². The average molecular weight is 166 g/mol. The van der Waals surface area contributed by atoms with E-state index in [4.69, 9.17) is 12.8 Å². The van der Waals surface area contributed by atoms with E-state index in [1.54, 1.807) is 0 Å². The molecule has 0 saturated heterocycles. The van der Waals surface area contributed by atoms with Crippen LogP contribution in [0.15, 0.2) is 24.3 Å². The quantitative estimate of drug-likeness (QED) is 0.562. The third kappa shape index (κ3) is 1.21. The van der Waals surface area contributed by atoms with E-state index in [9.17, 15) is 0 Å². The van der Waals surface area contributed by atoms with Gasteiger partial charge in [-0.3, -0.25) is 0 Å². The van der Waals surface area contributed by atoms with Gasteiger partial charge >= 0.3 is 0 Å². The molecule has 0 aliphatic heterocycles. The predicted molar refractivity (Wildman–Crippen MR) is 54.1 cm³/mol. The highest BCUT2D eigenvalue weighted by molar-refractivity contribution is 5.44. The molecule has 2 rings (SSSR count). The van der Waals surface area contributed by atoms with Crippen molar-refractivity contribution in [2.45, 2.75) is 18.3 Å². The maximum atomic E-state index is 5.48. The van der Waals surface area contributed by atoms with Gasteiger partial charge in [-0.15, -0.1) is 12.8 Å². The van der Waals surface area contributed by atoms with Crippen LogP contribution in [0, 0.1) is 24.7 Å². The second-order valence-electron chi connectivity index (χ2n) is 3.45. The lowest BCUT2D eigenvalue weighted by atomic mass is 9.96. The molecule has 0 aromatic heterocycles. The van der Waals surface area contributed by atoms with Gasteiger partial charge in [0.25, 0.3) is 0 Å². The lowest BCUT2D eigenvalue weighted by molar-refractivity contribution is 0.931. The Hall–Kier alpha value is -1.66. The largest absolute Gasteiger partial charge is 0.119 e. The molecule has 0 spiro atoms. The normalized spacial score (nSPS) is 17.1. The van der Waals surface area contributed by atoms with Gasteiger partial charge < -0.3 is 0 Å². The molecule has 0 bridgehead atoms. The fraction of sp³-hybridized carbons (Fsp3) is 0.231. The van der Waals surface area contributed by atoms with Crippen molar-refractivity contribution in [2.75, 3.05) is 0 Å². The highest BCUT2D eigenvalue weighted by Gasteiger charge is 2.42. The first-order chi connectivity index (χ1) is 6.30. The summed E-state index contributed by atoms with van der Waals surface area (Å²) in [5.74, 6) is 5.45. The molecule has 1 aromatic carbocycles. The van der Waals surface area contributed by atoms with Crippen molar-refractivity contribution < 1.29 is 0 Å². The van der Waals surface area contributed by atoms with Crippen LogP contribution in [0.2, 0.25) is 0 Å². The van der Waals surface area contributed by atoms with Crippen LogP contribution in [0.5, 0.6) is 0 Å². The minimum atomic E-state index is 0.0348. The van der Waals surface area contributed by atoms with Crippen molar-refractivity contribution in [1.29, 1.82) is 0 Å². The summed E-state index contributed by atoms with van der Waals surface area (Å²) in [5.41, 5.74) is 2.18. The van der Waals surface area contributed by atoms with Gasteiger partial charge in [-0.25, -0.2) is 0 Å². The molecule has 0 heteroatoms. The van der Waals surface area contributed by atoms with Crippen LogP contribution >= 0.6 is 0 Å². The van der Waals surface area contributed by atoms with E-state index >= 15 is 0 Å². The number of hydrogen-bond acceptors (Lipinski definition) is 0. The summed E-state index contributed by atoms with van der Waals surface area (Å²) in [6.45, 7) is 0. The molecule has 1 fully saturated rings. The van der Waals surface area contributed by atoms with Crippen LogP contribution in [-0.2, 0) is 5.41 Å². The van der Waals surface area contributed by atoms with E-state index in [1.165, 1.54) is 5.56 Å². The standard InChI is InChI=1S/C13H10/c1-3-11-5-7-12(8-6-11)13(4-2)9-10-13/h1-2,5-8H,9-10H2. The molecule has 0 unspecified atom stereocenters. The van der Waals surface area contributed by atoms with E-state index in [-0.39, 0.29) is 5.41 Å². The molecule has 1 aliphatic carbocycles. The summed E-state index contributed by atoms with van der Waals surface area (Å²) >= 11 is 0. The van der Waals surface area contributed by atoms with Crippen LogP contribution in [0.4, 0.5) is 0 Å². The molecule has 62 valence electrons. The summed E-state index contributed by atoms with van der Waals surface area (Å²) in [6.07, 6.45) is 13.0. The van der Waals surface area contributed by atoms with Gasteiger partial charge in [0.2, 0.25) is 0 Å². The Labute approximate surface area is 79.0 Å². The lowest BCUT2D eigenvalue weighted by Crippen LogP contribution is -2.01. The smallest absolute Gasteiger partial charge is 0.0561 e. The third-order valence-electron chi connectivity index (χ3n) is 2.63. The lowest BCUT2D eigenvalue weighted by Gasteiger charge is -2.06. The van der Waals surface area contributed by atoms with Crippen LogP contribution in [0.1, 0.15) is 24.0 Å². The van der Waals surface area contributed by atoms with E-state index in [1.807, 2.05) is 24.3 Å². The Kier molecular flexibility index (Phi) is 1.64. The van der Waals surface area contributed by atoms with Crippen molar-refractivity contribution in [2.24, 2.45) is 0 Å². The summed E-state index contributed by atoms with van der Waals surface area (Å²) in [7, 11) is 0. The Morgan fingerprint density at radius 3 is 2.08 bits per heavy atom. The van der Waals surface area contributed by atoms with Crippen LogP contribution in [0.25, 0.3) is 0 Å². The highest BCUT2D eigenvalue weighted by Crippen LogP contribution is 2.47. The average Bonchev–Trinajstić information content (AvgIpc) is 2.99. The SMILES string of the molecule is C#Cc1ccc(C2(C#C)CC2)cc1. The second-order valence-corrected chi connectivity index (χ2v) is 3.45. The number of hydrogen-bond donors (Lipinski definition) is 0. The zero-order valence-electron chi connectivity index (χ0n) is 7.38. The molecular weight excluding hydrogens is 156 g/mol. The van der Waals surface area contributed by atoms with E-state index < -0.39 is 0 Å². The van der Waals surface area contributed by atoms with Gasteiger partial charge in [0.15, 0.2) is 0 Å². The van der Waals surface area contributed by atoms with Gasteiger partial charge in [-0.05, 0) is 30.5 Å². The van der Waals surface area contributed by atoms with Crippen LogP contribution in [-0.4, -0.2) is 0 Å². The van der Waals surface area contributed by atoms with Crippen molar-refractivity contribution in [1.82, 2.24) is 0 Å². The molecule has 1 saturated carbocycles. The maximum Gasteiger partial charge on any atom is 0.0561 e. The van der Waals surface area contributed by atoms with Crippen LogP contribution in [0.3, 0.4) is 0 Å². The summed E-state index contributed by atoms with van der Waals surface area (Å²) in [5, 5.41) is 0. The highest BCUT2D eigenvalue weighted by atomic mass is 14.4. The van der Waals surface area contributed by atoms with Crippen molar-refractivity contribution in [3.63, 3.8) is 0 Å². The third-order valence-corrected chi connectivity index (χ3v) is 2.63. The molecule has 0 nitrogen and oxygen atoms in total. The van der Waals surface area contributed by atoms with Gasteiger partial charge in [0, 0.05) is 5.56 Å². The zero-order valence-corrected chi connectivity index (χ0v) is 7.38. The van der Waals surface area contributed by atoms with Crippen LogP contribution < -0.4 is 0 Å². The Balaban J connectivity index is 2.36.